The average molecular weight is 479 g/mol. The summed E-state index contributed by atoms with van der Waals surface area (Å²) >= 11 is 7.56. The van der Waals surface area contributed by atoms with Gasteiger partial charge in [0.25, 0.3) is 0 Å². The second-order valence-corrected chi connectivity index (χ2v) is 9.56. The Morgan fingerprint density at radius 2 is 1.82 bits per heavy atom. The number of rotatable bonds is 5. The van der Waals surface area contributed by atoms with E-state index in [-0.39, 0.29) is 17.5 Å². The van der Waals surface area contributed by atoms with Crippen LogP contribution in [-0.2, 0) is 24.4 Å². The zero-order valence-corrected chi connectivity index (χ0v) is 19.4. The molecular weight excluding hydrogens is 459 g/mol. The molecule has 33 heavy (non-hydrogen) atoms. The first kappa shape index (κ1) is 21.7. The molecule has 4 nitrogen and oxygen atoms in total. The van der Waals surface area contributed by atoms with Crippen molar-refractivity contribution < 1.29 is 14.0 Å². The van der Waals surface area contributed by atoms with Crippen LogP contribution in [-0.4, -0.2) is 21.7 Å². The van der Waals surface area contributed by atoms with Crippen LogP contribution in [0.5, 0.6) is 0 Å². The Bertz CT molecular complexity index is 1390. The number of nitrogens with zero attached hydrogens (tertiary/aromatic N) is 2. The van der Waals surface area contributed by atoms with Crippen molar-refractivity contribution in [2.45, 2.75) is 36.3 Å². The minimum atomic E-state index is -0.539. The van der Waals surface area contributed by atoms with Gasteiger partial charge in [0.2, 0.25) is 5.91 Å². The Morgan fingerprint density at radius 3 is 2.52 bits per heavy atom. The van der Waals surface area contributed by atoms with Gasteiger partial charge < -0.3 is 9.47 Å². The molecule has 0 saturated carbocycles. The van der Waals surface area contributed by atoms with Crippen LogP contribution in [0, 0.1) is 12.7 Å². The fraction of sp³-hybridized carbons (Fsp3) is 0.154. The van der Waals surface area contributed by atoms with Crippen molar-refractivity contribution in [3.05, 3.63) is 93.9 Å². The molecule has 4 aromatic rings. The first-order valence-electron chi connectivity index (χ1n) is 10.5. The molecule has 0 aliphatic carbocycles. The molecule has 0 fully saturated rings. The molecule has 0 atom stereocenters. The van der Waals surface area contributed by atoms with E-state index in [2.05, 4.69) is 0 Å². The topological polar surface area (TPSA) is 42.3 Å². The standard InChI is InChI=1S/C26H20ClFN2O2S/c1-16-26(33-20-8-4-5-17(11-20)15-31)21-9-10-22(27)24(28)25(21)30(16)14-23(32)29-12-18-6-2-3-7-19(18)13-29/h2-11,15H,12-14H2,1H3. The Labute approximate surface area is 200 Å². The van der Waals surface area contributed by atoms with Gasteiger partial charge in [0, 0.05) is 39.5 Å². The summed E-state index contributed by atoms with van der Waals surface area (Å²) in [6.45, 7) is 3.00. The molecule has 0 spiro atoms. The summed E-state index contributed by atoms with van der Waals surface area (Å²) in [5, 5.41) is 0.704. The molecule has 0 bridgehead atoms. The van der Waals surface area contributed by atoms with Gasteiger partial charge in [0.1, 0.15) is 12.8 Å². The molecule has 1 amide bonds. The van der Waals surface area contributed by atoms with Crippen molar-refractivity contribution in [3.8, 4) is 0 Å². The van der Waals surface area contributed by atoms with E-state index in [4.69, 9.17) is 11.6 Å². The molecule has 0 saturated heterocycles. The number of fused-ring (bicyclic) bond motifs is 2. The Morgan fingerprint density at radius 1 is 1.09 bits per heavy atom. The minimum absolute atomic E-state index is 0.0155. The monoisotopic (exact) mass is 478 g/mol. The number of aromatic nitrogens is 1. The van der Waals surface area contributed by atoms with E-state index in [9.17, 15) is 9.59 Å². The lowest BCUT2D eigenvalue weighted by molar-refractivity contribution is -0.132. The Balaban J connectivity index is 1.53. The summed E-state index contributed by atoms with van der Waals surface area (Å²) in [6, 6.07) is 18.6. The molecule has 0 unspecified atom stereocenters. The molecule has 1 aliphatic rings. The molecule has 5 rings (SSSR count). The molecule has 1 aliphatic heterocycles. The summed E-state index contributed by atoms with van der Waals surface area (Å²) in [6.07, 6.45) is 0.798. The van der Waals surface area contributed by atoms with E-state index in [0.717, 1.165) is 32.9 Å². The van der Waals surface area contributed by atoms with Crippen LogP contribution in [0.25, 0.3) is 10.9 Å². The number of hydrogen-bond acceptors (Lipinski definition) is 3. The maximum Gasteiger partial charge on any atom is 0.243 e. The lowest BCUT2D eigenvalue weighted by Crippen LogP contribution is -2.29. The molecular formula is C26H20ClFN2O2S. The number of aldehydes is 1. The first-order chi connectivity index (χ1) is 16.0. The molecule has 0 radical (unpaired) electrons. The van der Waals surface area contributed by atoms with Crippen LogP contribution in [0.15, 0.2) is 70.5 Å². The zero-order valence-electron chi connectivity index (χ0n) is 17.8. The lowest BCUT2D eigenvalue weighted by Gasteiger charge is -2.17. The van der Waals surface area contributed by atoms with Gasteiger partial charge in [-0.25, -0.2) is 4.39 Å². The van der Waals surface area contributed by atoms with E-state index >= 15 is 4.39 Å². The predicted octanol–water partition coefficient (Wildman–Crippen LogP) is 6.25. The molecule has 1 aromatic heterocycles. The number of hydrogen-bond donors (Lipinski definition) is 0. The van der Waals surface area contributed by atoms with Gasteiger partial charge in [-0.15, -0.1) is 0 Å². The van der Waals surface area contributed by atoms with Gasteiger partial charge in [0.05, 0.1) is 10.5 Å². The molecule has 7 heteroatoms. The highest BCUT2D eigenvalue weighted by atomic mass is 35.5. The SMILES string of the molecule is Cc1c(Sc2cccc(C=O)c2)c2ccc(Cl)c(F)c2n1CC(=O)N1Cc2ccccc2C1. The summed E-state index contributed by atoms with van der Waals surface area (Å²) in [7, 11) is 0. The maximum absolute atomic E-state index is 15.2. The highest BCUT2D eigenvalue weighted by Gasteiger charge is 2.26. The van der Waals surface area contributed by atoms with E-state index in [1.807, 2.05) is 43.3 Å². The van der Waals surface area contributed by atoms with Gasteiger partial charge in [-0.3, -0.25) is 9.59 Å². The van der Waals surface area contributed by atoms with Crippen LogP contribution in [0.3, 0.4) is 0 Å². The van der Waals surface area contributed by atoms with Gasteiger partial charge >= 0.3 is 0 Å². The summed E-state index contributed by atoms with van der Waals surface area (Å²) in [5.74, 6) is -0.617. The first-order valence-corrected chi connectivity index (χ1v) is 11.7. The molecule has 0 N–H and O–H groups in total. The smallest absolute Gasteiger partial charge is 0.243 e. The van der Waals surface area contributed by atoms with Crippen molar-refractivity contribution in [1.29, 1.82) is 0 Å². The fourth-order valence-electron chi connectivity index (χ4n) is 4.31. The molecule has 166 valence electrons. The Kier molecular flexibility index (Phi) is 5.72. The van der Waals surface area contributed by atoms with Crippen LogP contribution in [0.4, 0.5) is 4.39 Å². The van der Waals surface area contributed by atoms with Crippen LogP contribution in [0.1, 0.15) is 27.2 Å². The van der Waals surface area contributed by atoms with Gasteiger partial charge in [-0.2, -0.15) is 0 Å². The molecule has 2 heterocycles. The van der Waals surface area contributed by atoms with Crippen molar-refractivity contribution in [3.63, 3.8) is 0 Å². The van der Waals surface area contributed by atoms with Crippen LogP contribution in [0.2, 0.25) is 5.02 Å². The van der Waals surface area contributed by atoms with Gasteiger partial charge in [-0.1, -0.05) is 59.8 Å². The highest BCUT2D eigenvalue weighted by Crippen LogP contribution is 2.40. The van der Waals surface area contributed by atoms with E-state index in [1.54, 1.807) is 27.7 Å². The van der Waals surface area contributed by atoms with Crippen molar-refractivity contribution >= 4 is 46.5 Å². The number of carbonyl (C=O) groups excluding carboxylic acids is 2. The van der Waals surface area contributed by atoms with Crippen molar-refractivity contribution in [2.75, 3.05) is 0 Å². The van der Waals surface area contributed by atoms with E-state index in [1.165, 1.54) is 17.8 Å². The zero-order chi connectivity index (χ0) is 23.1. The third-order valence-corrected chi connectivity index (χ3v) is 7.52. The maximum atomic E-state index is 15.2. The van der Waals surface area contributed by atoms with E-state index in [0.29, 0.717) is 29.6 Å². The van der Waals surface area contributed by atoms with Crippen molar-refractivity contribution in [2.24, 2.45) is 0 Å². The van der Waals surface area contributed by atoms with Crippen LogP contribution >= 0.6 is 23.4 Å². The number of amides is 1. The third-order valence-electron chi connectivity index (χ3n) is 6.02. The van der Waals surface area contributed by atoms with Gasteiger partial charge in [-0.05, 0) is 42.3 Å². The lowest BCUT2D eigenvalue weighted by atomic mass is 10.1. The van der Waals surface area contributed by atoms with Gasteiger partial charge in [0.15, 0.2) is 5.82 Å². The largest absolute Gasteiger partial charge is 0.332 e. The Hall–Kier alpha value is -3.09. The second-order valence-electron chi connectivity index (χ2n) is 8.07. The average Bonchev–Trinajstić information content (AvgIpc) is 3.37. The minimum Gasteiger partial charge on any atom is -0.332 e. The van der Waals surface area contributed by atoms with Crippen molar-refractivity contribution in [1.82, 2.24) is 9.47 Å². The quantitative estimate of drug-likeness (QED) is 0.318. The predicted molar refractivity (Wildman–Crippen MR) is 128 cm³/mol. The summed E-state index contributed by atoms with van der Waals surface area (Å²) in [4.78, 5) is 27.9. The number of halogens is 2. The fourth-order valence-corrected chi connectivity index (χ4v) is 5.58. The number of carbonyl (C=O) groups is 2. The third kappa shape index (κ3) is 3.94. The van der Waals surface area contributed by atoms with E-state index < -0.39 is 5.82 Å². The second kappa shape index (κ2) is 8.69. The normalized spacial score (nSPS) is 12.9. The highest BCUT2D eigenvalue weighted by molar-refractivity contribution is 7.99. The van der Waals surface area contributed by atoms with Crippen LogP contribution < -0.4 is 0 Å². The summed E-state index contributed by atoms with van der Waals surface area (Å²) in [5.41, 5.74) is 3.94. The summed E-state index contributed by atoms with van der Waals surface area (Å²) < 4.78 is 16.9. The molecule has 3 aromatic carbocycles. The number of benzene rings is 3.